The smallest absolute Gasteiger partial charge is 0.264 e. The summed E-state index contributed by atoms with van der Waals surface area (Å²) in [4.78, 5) is 18.8. The predicted octanol–water partition coefficient (Wildman–Crippen LogP) is 6.39. The summed E-state index contributed by atoms with van der Waals surface area (Å²) in [6.07, 6.45) is 0. The lowest BCUT2D eigenvalue weighted by Crippen LogP contribution is -2.14. The molecule has 0 unspecified atom stereocenters. The van der Waals surface area contributed by atoms with E-state index in [1.165, 1.54) is 11.1 Å². The Bertz CT molecular complexity index is 1640. The first-order chi connectivity index (χ1) is 15.1. The molecule has 0 fully saturated rings. The van der Waals surface area contributed by atoms with E-state index < -0.39 is 0 Å². The van der Waals surface area contributed by atoms with Crippen LogP contribution in [0.5, 0.6) is 0 Å². The van der Waals surface area contributed by atoms with Gasteiger partial charge in [0.15, 0.2) is 0 Å². The second-order valence-electron chi connectivity index (χ2n) is 8.21. The molecule has 0 saturated carbocycles. The third-order valence-corrected chi connectivity index (χ3v) is 6.11. The van der Waals surface area contributed by atoms with Crippen molar-refractivity contribution in [3.8, 4) is 22.5 Å². The summed E-state index contributed by atoms with van der Waals surface area (Å²) in [5, 5.41) is 3.77. The molecule has 0 spiro atoms. The first kappa shape index (κ1) is 17.8. The summed E-state index contributed by atoms with van der Waals surface area (Å²) in [6.45, 7) is 4.14. The molecule has 6 rings (SSSR count). The highest BCUT2D eigenvalue weighted by Gasteiger charge is 2.21. The van der Waals surface area contributed by atoms with Gasteiger partial charge in [0.25, 0.3) is 5.56 Å². The first-order valence-electron chi connectivity index (χ1n) is 10.5. The molecule has 0 amide bonds. The van der Waals surface area contributed by atoms with E-state index in [0.29, 0.717) is 5.65 Å². The van der Waals surface area contributed by atoms with E-state index in [-0.39, 0.29) is 5.56 Å². The van der Waals surface area contributed by atoms with Crippen LogP contribution >= 0.6 is 0 Å². The number of benzene rings is 4. The van der Waals surface area contributed by atoms with E-state index in [0.717, 1.165) is 44.1 Å². The average molecular weight is 400 g/mol. The number of rotatable bonds is 2. The number of fused-ring (bicyclic) bond motifs is 2. The van der Waals surface area contributed by atoms with Crippen molar-refractivity contribution in [3.05, 3.63) is 106 Å². The molecule has 0 radical (unpaired) electrons. The molecule has 0 aliphatic carbocycles. The Labute approximate surface area is 179 Å². The molecule has 0 aliphatic rings. The van der Waals surface area contributed by atoms with Crippen LogP contribution in [0.2, 0.25) is 0 Å². The Kier molecular flexibility index (Phi) is 3.75. The number of hydrogen-bond acceptors (Lipinski definition) is 2. The minimum atomic E-state index is -0.0271. The summed E-state index contributed by atoms with van der Waals surface area (Å²) < 4.78 is 1.80. The number of aromatic nitrogens is 2. The second kappa shape index (κ2) is 6.51. The number of hydrogen-bond donors (Lipinski definition) is 0. The molecule has 0 aliphatic heterocycles. The fraction of sp³-hybridized carbons (Fsp3) is 0.0714. The first-order valence-corrected chi connectivity index (χ1v) is 10.5. The summed E-state index contributed by atoms with van der Waals surface area (Å²) in [6, 6.07) is 28.7. The van der Waals surface area contributed by atoms with Gasteiger partial charge >= 0.3 is 0 Å². The summed E-state index contributed by atoms with van der Waals surface area (Å²) in [5.74, 6) is 0. The van der Waals surface area contributed by atoms with Gasteiger partial charge in [-0.25, -0.2) is 4.98 Å². The SMILES string of the molecule is Cc1ccc(-c2nc3c4cccc5cccc(c(=O)n3c2-c2ccc(C)cc2)c54)cc1. The van der Waals surface area contributed by atoms with Crippen LogP contribution in [0.4, 0.5) is 0 Å². The topological polar surface area (TPSA) is 34.4 Å². The van der Waals surface area contributed by atoms with Gasteiger partial charge < -0.3 is 0 Å². The van der Waals surface area contributed by atoms with Crippen LogP contribution in [0, 0.1) is 13.8 Å². The Morgan fingerprint density at radius 1 is 0.677 bits per heavy atom. The van der Waals surface area contributed by atoms with Gasteiger partial charge in [-0.15, -0.1) is 0 Å². The quantitative estimate of drug-likeness (QED) is 0.337. The molecular formula is C28H20N2O. The fourth-order valence-corrected chi connectivity index (χ4v) is 4.52. The molecule has 6 aromatic rings. The van der Waals surface area contributed by atoms with Crippen LogP contribution < -0.4 is 5.56 Å². The molecular weight excluding hydrogens is 380 g/mol. The van der Waals surface area contributed by atoms with E-state index in [2.05, 4.69) is 80.6 Å². The van der Waals surface area contributed by atoms with Gasteiger partial charge in [0, 0.05) is 27.3 Å². The van der Waals surface area contributed by atoms with E-state index >= 15 is 0 Å². The largest absolute Gasteiger partial charge is 0.268 e. The lowest BCUT2D eigenvalue weighted by Gasteiger charge is -2.09. The van der Waals surface area contributed by atoms with Gasteiger partial charge in [0.1, 0.15) is 5.65 Å². The highest BCUT2D eigenvalue weighted by molar-refractivity contribution is 6.15. The zero-order valence-electron chi connectivity index (χ0n) is 17.4. The fourth-order valence-electron chi connectivity index (χ4n) is 4.52. The van der Waals surface area contributed by atoms with E-state index in [1.54, 1.807) is 4.40 Å². The molecule has 0 bridgehead atoms. The predicted molar refractivity (Wildman–Crippen MR) is 128 cm³/mol. The standard InChI is InChI=1S/C28H20N2O/c1-17-9-13-20(14-10-17)25-26(21-15-11-18(2)12-16-21)30-27(29-25)22-7-3-5-19-6-4-8-23(24(19)22)28(30)31/h3-16H,1-2H3. The van der Waals surface area contributed by atoms with E-state index in [1.807, 2.05) is 18.2 Å². The lowest BCUT2D eigenvalue weighted by atomic mass is 10.0. The molecule has 0 saturated heterocycles. The lowest BCUT2D eigenvalue weighted by molar-refractivity contribution is 1.15. The van der Waals surface area contributed by atoms with Gasteiger partial charge in [0.05, 0.1) is 11.4 Å². The third kappa shape index (κ3) is 2.60. The van der Waals surface area contributed by atoms with Crippen LogP contribution in [0.25, 0.3) is 49.7 Å². The molecule has 4 aromatic carbocycles. The van der Waals surface area contributed by atoms with Crippen LogP contribution in [0.15, 0.2) is 89.7 Å². The monoisotopic (exact) mass is 400 g/mol. The van der Waals surface area contributed by atoms with Crippen LogP contribution in [-0.4, -0.2) is 9.38 Å². The highest BCUT2D eigenvalue weighted by atomic mass is 16.1. The molecule has 2 heterocycles. The van der Waals surface area contributed by atoms with E-state index in [4.69, 9.17) is 4.98 Å². The molecule has 3 nitrogen and oxygen atoms in total. The van der Waals surface area contributed by atoms with Crippen molar-refractivity contribution in [2.45, 2.75) is 13.8 Å². The zero-order chi connectivity index (χ0) is 21.1. The van der Waals surface area contributed by atoms with Crippen molar-refractivity contribution < 1.29 is 0 Å². The minimum Gasteiger partial charge on any atom is -0.268 e. The number of pyridine rings is 1. The minimum absolute atomic E-state index is 0.0271. The van der Waals surface area contributed by atoms with Gasteiger partial charge in [0.2, 0.25) is 0 Å². The number of nitrogens with zero attached hydrogens (tertiary/aromatic N) is 2. The molecule has 0 N–H and O–H groups in total. The van der Waals surface area contributed by atoms with Crippen molar-refractivity contribution in [1.29, 1.82) is 0 Å². The van der Waals surface area contributed by atoms with E-state index in [9.17, 15) is 4.79 Å². The number of imidazole rings is 1. The van der Waals surface area contributed by atoms with Crippen LogP contribution in [0.1, 0.15) is 11.1 Å². The molecule has 3 heteroatoms. The zero-order valence-corrected chi connectivity index (χ0v) is 17.4. The third-order valence-electron chi connectivity index (χ3n) is 6.11. The average Bonchev–Trinajstić information content (AvgIpc) is 3.19. The van der Waals surface area contributed by atoms with Gasteiger partial charge in [-0.2, -0.15) is 0 Å². The number of aryl methyl sites for hydroxylation is 2. The highest BCUT2D eigenvalue weighted by Crippen LogP contribution is 2.36. The van der Waals surface area contributed by atoms with Gasteiger partial charge in [-0.05, 0) is 25.3 Å². The van der Waals surface area contributed by atoms with Crippen molar-refractivity contribution >= 4 is 27.2 Å². The Morgan fingerprint density at radius 3 is 1.90 bits per heavy atom. The Morgan fingerprint density at radius 2 is 1.26 bits per heavy atom. The van der Waals surface area contributed by atoms with Crippen molar-refractivity contribution in [1.82, 2.24) is 9.38 Å². The maximum atomic E-state index is 13.8. The maximum Gasteiger partial charge on any atom is 0.264 e. The normalized spacial score (nSPS) is 11.7. The Hall–Kier alpha value is -3.98. The summed E-state index contributed by atoms with van der Waals surface area (Å²) >= 11 is 0. The Balaban J connectivity index is 1.84. The molecule has 31 heavy (non-hydrogen) atoms. The molecule has 2 aromatic heterocycles. The van der Waals surface area contributed by atoms with Crippen molar-refractivity contribution in [3.63, 3.8) is 0 Å². The van der Waals surface area contributed by atoms with Gasteiger partial charge in [-0.1, -0.05) is 90.0 Å². The molecule has 148 valence electrons. The maximum absolute atomic E-state index is 13.8. The molecule has 0 atom stereocenters. The van der Waals surface area contributed by atoms with Crippen molar-refractivity contribution in [2.75, 3.05) is 0 Å². The van der Waals surface area contributed by atoms with Gasteiger partial charge in [-0.3, -0.25) is 9.20 Å². The van der Waals surface area contributed by atoms with Crippen LogP contribution in [-0.2, 0) is 0 Å². The summed E-state index contributed by atoms with van der Waals surface area (Å²) in [7, 11) is 0. The van der Waals surface area contributed by atoms with Crippen LogP contribution in [0.3, 0.4) is 0 Å². The summed E-state index contributed by atoms with van der Waals surface area (Å²) in [5.41, 5.74) is 6.72. The second-order valence-corrected chi connectivity index (χ2v) is 8.21. The van der Waals surface area contributed by atoms with Crippen molar-refractivity contribution in [2.24, 2.45) is 0 Å².